The minimum Gasteiger partial charge on any atom is -0.339 e. The maximum absolute atomic E-state index is 13.0. The molecule has 0 unspecified atom stereocenters. The zero-order chi connectivity index (χ0) is 20.1. The Balaban J connectivity index is 1.40. The molecule has 1 amide bonds. The highest BCUT2D eigenvalue weighted by molar-refractivity contribution is 7.99. The van der Waals surface area contributed by atoms with Crippen LogP contribution in [0, 0.1) is 0 Å². The molecule has 1 fully saturated rings. The summed E-state index contributed by atoms with van der Waals surface area (Å²) in [5, 5.41) is 0.948. The number of rotatable bonds is 7. The molecule has 3 aromatic rings. The fraction of sp³-hybridized carbons (Fsp3) is 0.391. The average molecular weight is 409 g/mol. The van der Waals surface area contributed by atoms with Gasteiger partial charge in [-0.15, -0.1) is 0 Å². The van der Waals surface area contributed by atoms with Gasteiger partial charge in [-0.3, -0.25) is 9.69 Å². The van der Waals surface area contributed by atoms with Gasteiger partial charge in [0.25, 0.3) is 0 Å². The number of imidazole rings is 1. The second kappa shape index (κ2) is 9.46. The van der Waals surface area contributed by atoms with E-state index in [9.17, 15) is 4.79 Å². The van der Waals surface area contributed by atoms with Gasteiger partial charge in [-0.1, -0.05) is 61.2 Å². The van der Waals surface area contributed by atoms with Crippen molar-refractivity contribution < 1.29 is 4.79 Å². The molecule has 4 rings (SSSR count). The van der Waals surface area contributed by atoms with Crippen molar-refractivity contribution in [3.05, 3.63) is 60.2 Å². The molecule has 0 aliphatic carbocycles. The Morgan fingerprint density at radius 1 is 1.00 bits per heavy atom. The Kier molecular flexibility index (Phi) is 6.52. The van der Waals surface area contributed by atoms with Crippen LogP contribution in [0.1, 0.15) is 18.9 Å². The molecule has 2 heterocycles. The van der Waals surface area contributed by atoms with Crippen molar-refractivity contribution in [1.82, 2.24) is 19.4 Å². The van der Waals surface area contributed by atoms with Crippen LogP contribution in [0.2, 0.25) is 0 Å². The van der Waals surface area contributed by atoms with Gasteiger partial charge >= 0.3 is 0 Å². The van der Waals surface area contributed by atoms with Crippen molar-refractivity contribution in [3.8, 4) is 0 Å². The molecule has 6 heteroatoms. The molecule has 152 valence electrons. The molecule has 5 nitrogen and oxygen atoms in total. The molecule has 0 bridgehead atoms. The van der Waals surface area contributed by atoms with E-state index in [1.807, 2.05) is 29.2 Å². The lowest BCUT2D eigenvalue weighted by Crippen LogP contribution is -2.49. The van der Waals surface area contributed by atoms with Gasteiger partial charge in [0.15, 0.2) is 5.16 Å². The van der Waals surface area contributed by atoms with Crippen molar-refractivity contribution in [3.63, 3.8) is 0 Å². The quantitative estimate of drug-likeness (QED) is 0.557. The summed E-state index contributed by atoms with van der Waals surface area (Å²) in [5.74, 6) is 1.20. The van der Waals surface area contributed by atoms with E-state index in [2.05, 4.69) is 46.7 Å². The molecular weight excluding hydrogens is 380 g/mol. The summed E-state index contributed by atoms with van der Waals surface area (Å²) in [4.78, 5) is 22.2. The van der Waals surface area contributed by atoms with E-state index >= 15 is 0 Å². The van der Waals surface area contributed by atoms with Crippen LogP contribution in [0.4, 0.5) is 0 Å². The summed E-state index contributed by atoms with van der Waals surface area (Å²) in [7, 11) is 0. The minimum absolute atomic E-state index is 0.186. The Hall–Kier alpha value is -2.31. The lowest BCUT2D eigenvalue weighted by Gasteiger charge is -2.35. The number of nitrogens with zero attached hydrogens (tertiary/aromatic N) is 4. The SMILES string of the molecule is CCCSc1nc2ccccc2n1CC(=O)N1CCN(Cc2ccccc2)CC1. The van der Waals surface area contributed by atoms with Crippen molar-refractivity contribution in [1.29, 1.82) is 0 Å². The monoisotopic (exact) mass is 408 g/mol. The Labute approximate surface area is 176 Å². The van der Waals surface area contributed by atoms with Gasteiger partial charge in [-0.2, -0.15) is 0 Å². The van der Waals surface area contributed by atoms with Gasteiger partial charge < -0.3 is 9.47 Å². The summed E-state index contributed by atoms with van der Waals surface area (Å²) in [6, 6.07) is 18.6. The van der Waals surface area contributed by atoms with Crippen molar-refractivity contribution in [2.75, 3.05) is 31.9 Å². The fourth-order valence-electron chi connectivity index (χ4n) is 3.74. The molecule has 1 aliphatic rings. The largest absolute Gasteiger partial charge is 0.339 e. The second-order valence-corrected chi connectivity index (χ2v) is 8.52. The van der Waals surface area contributed by atoms with Crippen LogP contribution in [0.5, 0.6) is 0 Å². The average Bonchev–Trinajstić information content (AvgIpc) is 3.11. The highest BCUT2D eigenvalue weighted by Gasteiger charge is 2.23. The van der Waals surface area contributed by atoms with E-state index < -0.39 is 0 Å². The third kappa shape index (κ3) is 4.82. The third-order valence-electron chi connectivity index (χ3n) is 5.32. The first-order valence-electron chi connectivity index (χ1n) is 10.4. The number of para-hydroxylation sites is 2. The molecule has 1 aromatic heterocycles. The summed E-state index contributed by atoms with van der Waals surface area (Å²) < 4.78 is 2.09. The smallest absolute Gasteiger partial charge is 0.242 e. The van der Waals surface area contributed by atoms with E-state index in [4.69, 9.17) is 4.98 Å². The number of thioether (sulfide) groups is 1. The van der Waals surface area contributed by atoms with Gasteiger partial charge in [-0.25, -0.2) is 4.98 Å². The normalized spacial score (nSPS) is 15.1. The van der Waals surface area contributed by atoms with Gasteiger partial charge in [0.1, 0.15) is 6.54 Å². The molecule has 0 radical (unpaired) electrons. The number of benzene rings is 2. The van der Waals surface area contributed by atoms with Crippen LogP contribution in [0.25, 0.3) is 11.0 Å². The summed E-state index contributed by atoms with van der Waals surface area (Å²) in [6.45, 7) is 6.90. The predicted octanol–water partition coefficient (Wildman–Crippen LogP) is 3.88. The van der Waals surface area contributed by atoms with Crippen LogP contribution in [0.15, 0.2) is 59.8 Å². The van der Waals surface area contributed by atoms with E-state index in [-0.39, 0.29) is 5.91 Å². The lowest BCUT2D eigenvalue weighted by molar-refractivity contribution is -0.133. The molecule has 0 spiro atoms. The second-order valence-electron chi connectivity index (χ2n) is 7.46. The molecule has 0 N–H and O–H groups in total. The first-order chi connectivity index (χ1) is 14.2. The number of fused-ring (bicyclic) bond motifs is 1. The summed E-state index contributed by atoms with van der Waals surface area (Å²) in [6.07, 6.45) is 1.09. The highest BCUT2D eigenvalue weighted by atomic mass is 32.2. The number of aromatic nitrogens is 2. The molecule has 2 aromatic carbocycles. The molecular formula is C23H28N4OS. The molecule has 1 saturated heterocycles. The van der Waals surface area contributed by atoms with Crippen molar-refractivity contribution >= 4 is 28.7 Å². The summed E-state index contributed by atoms with van der Waals surface area (Å²) >= 11 is 1.74. The Morgan fingerprint density at radius 3 is 2.48 bits per heavy atom. The van der Waals surface area contributed by atoms with Gasteiger partial charge in [-0.05, 0) is 24.1 Å². The predicted molar refractivity (Wildman–Crippen MR) is 119 cm³/mol. The third-order valence-corrected chi connectivity index (χ3v) is 6.50. The topological polar surface area (TPSA) is 41.4 Å². The van der Waals surface area contributed by atoms with E-state index in [1.54, 1.807) is 11.8 Å². The maximum atomic E-state index is 13.0. The van der Waals surface area contributed by atoms with Crippen LogP contribution >= 0.6 is 11.8 Å². The lowest BCUT2D eigenvalue weighted by atomic mass is 10.2. The van der Waals surface area contributed by atoms with Gasteiger partial charge in [0, 0.05) is 38.5 Å². The fourth-order valence-corrected chi connectivity index (χ4v) is 4.61. The zero-order valence-corrected chi connectivity index (χ0v) is 17.8. The standard InChI is InChI=1S/C23H28N4OS/c1-2-16-29-23-24-20-10-6-7-11-21(20)27(23)18-22(28)26-14-12-25(13-15-26)17-19-8-4-3-5-9-19/h3-11H,2,12-18H2,1H3. The van der Waals surface area contributed by atoms with Crippen LogP contribution in [-0.2, 0) is 17.9 Å². The van der Waals surface area contributed by atoms with Crippen molar-refractivity contribution in [2.45, 2.75) is 31.6 Å². The number of piperazine rings is 1. The Morgan fingerprint density at radius 2 is 1.72 bits per heavy atom. The minimum atomic E-state index is 0.186. The van der Waals surface area contributed by atoms with E-state index in [0.29, 0.717) is 6.54 Å². The van der Waals surface area contributed by atoms with Crippen LogP contribution in [0.3, 0.4) is 0 Å². The van der Waals surface area contributed by atoms with Crippen LogP contribution < -0.4 is 0 Å². The van der Waals surface area contributed by atoms with Gasteiger partial charge in [0.2, 0.25) is 5.91 Å². The number of carbonyl (C=O) groups excluding carboxylic acids is 1. The van der Waals surface area contributed by atoms with Crippen molar-refractivity contribution in [2.24, 2.45) is 0 Å². The van der Waals surface area contributed by atoms with E-state index in [1.165, 1.54) is 5.56 Å². The zero-order valence-electron chi connectivity index (χ0n) is 17.0. The number of carbonyl (C=O) groups is 1. The number of hydrogen-bond acceptors (Lipinski definition) is 4. The van der Waals surface area contributed by atoms with Gasteiger partial charge in [0.05, 0.1) is 11.0 Å². The first-order valence-corrected chi connectivity index (χ1v) is 11.4. The maximum Gasteiger partial charge on any atom is 0.242 e. The summed E-state index contributed by atoms with van der Waals surface area (Å²) in [5.41, 5.74) is 3.34. The molecule has 0 saturated carbocycles. The highest BCUT2D eigenvalue weighted by Crippen LogP contribution is 2.25. The molecule has 1 aliphatic heterocycles. The van der Waals surface area contributed by atoms with E-state index in [0.717, 1.165) is 61.1 Å². The first kappa shape index (κ1) is 20.0. The Bertz CT molecular complexity index is 948. The molecule has 29 heavy (non-hydrogen) atoms. The number of amides is 1. The van der Waals surface area contributed by atoms with Crippen LogP contribution in [-0.4, -0.2) is 57.2 Å². The molecule has 0 atom stereocenters. The number of hydrogen-bond donors (Lipinski definition) is 0.